The van der Waals surface area contributed by atoms with Crippen molar-refractivity contribution in [2.45, 2.75) is 26.7 Å². The standard InChI is InChI=1S/C22H21N5O2.C2H6/c1-29-16-7-4-14(5-8-16)20-26-19-17(10-11-23-21(19)27-20)22(28)25-15-6-9-18(24-12-15)13-2-3-13;1-2/h4-11,13,24H,2-3,12H2,1H3,(H,25,28)(H,23,26,27);1-2H3. The molecule has 0 bridgehead atoms. The predicted molar refractivity (Wildman–Crippen MR) is 122 cm³/mol. The quantitative estimate of drug-likeness (QED) is 0.579. The minimum atomic E-state index is -0.182. The number of dihydropyridines is 1. The van der Waals surface area contributed by atoms with Crippen LogP contribution in [-0.4, -0.2) is 34.5 Å². The molecule has 1 amide bonds. The van der Waals surface area contributed by atoms with Crippen LogP contribution in [0, 0.1) is 5.92 Å². The number of hydrogen-bond acceptors (Lipinski definition) is 5. The van der Waals surface area contributed by atoms with Gasteiger partial charge in [-0.05, 0) is 61.2 Å². The molecule has 1 saturated carbocycles. The molecule has 3 aromatic rings. The molecule has 0 unspecified atom stereocenters. The van der Waals surface area contributed by atoms with Gasteiger partial charge in [-0.3, -0.25) is 4.79 Å². The number of hydrogen-bond donors (Lipinski definition) is 3. The van der Waals surface area contributed by atoms with Crippen LogP contribution in [0.15, 0.2) is 60.1 Å². The average Bonchev–Trinajstić information content (AvgIpc) is 3.58. The van der Waals surface area contributed by atoms with Crippen molar-refractivity contribution in [2.75, 3.05) is 13.7 Å². The molecule has 7 nitrogen and oxygen atoms in total. The lowest BCUT2D eigenvalue weighted by atomic mass is 10.1. The van der Waals surface area contributed by atoms with Crippen molar-refractivity contribution in [1.29, 1.82) is 0 Å². The smallest absolute Gasteiger partial charge is 0.257 e. The molecule has 0 saturated heterocycles. The van der Waals surface area contributed by atoms with Crippen LogP contribution < -0.4 is 15.4 Å². The van der Waals surface area contributed by atoms with Gasteiger partial charge in [-0.2, -0.15) is 0 Å². The summed E-state index contributed by atoms with van der Waals surface area (Å²) in [5.41, 5.74) is 4.66. The second kappa shape index (κ2) is 9.04. The number of amides is 1. The number of carbonyl (C=O) groups is 1. The van der Waals surface area contributed by atoms with E-state index in [2.05, 4.69) is 31.7 Å². The summed E-state index contributed by atoms with van der Waals surface area (Å²) in [4.78, 5) is 25.0. The lowest BCUT2D eigenvalue weighted by Crippen LogP contribution is -2.32. The molecule has 7 heteroatoms. The SMILES string of the molecule is CC.COc1ccc(-c2nc3nccc(C(=O)NC4=CC=C(C5CC5)NC4)c3[nH]2)cc1. The highest BCUT2D eigenvalue weighted by molar-refractivity contribution is 6.05. The first-order valence-corrected chi connectivity index (χ1v) is 10.7. The van der Waals surface area contributed by atoms with E-state index in [4.69, 9.17) is 4.74 Å². The number of imidazole rings is 1. The summed E-state index contributed by atoms with van der Waals surface area (Å²) in [5, 5.41) is 6.39. The zero-order valence-electron chi connectivity index (χ0n) is 18.0. The number of H-pyrrole nitrogens is 1. The van der Waals surface area contributed by atoms with Crippen molar-refractivity contribution in [1.82, 2.24) is 25.6 Å². The third kappa shape index (κ3) is 4.45. The fourth-order valence-corrected chi connectivity index (χ4v) is 3.47. The Hall–Kier alpha value is -3.61. The second-order valence-corrected chi connectivity index (χ2v) is 7.27. The number of aromatic amines is 1. The van der Waals surface area contributed by atoms with Crippen LogP contribution in [-0.2, 0) is 0 Å². The Bertz CT molecular complexity index is 1140. The number of allylic oxidation sites excluding steroid dienone is 3. The number of aromatic nitrogens is 3. The maximum absolute atomic E-state index is 12.9. The van der Waals surface area contributed by atoms with E-state index < -0.39 is 0 Å². The average molecular weight is 418 g/mol. The predicted octanol–water partition coefficient (Wildman–Crippen LogP) is 4.17. The van der Waals surface area contributed by atoms with Crippen molar-refractivity contribution < 1.29 is 9.53 Å². The number of nitrogens with zero attached hydrogens (tertiary/aromatic N) is 2. The molecule has 0 radical (unpaired) electrons. The van der Waals surface area contributed by atoms with E-state index in [1.165, 1.54) is 18.5 Å². The summed E-state index contributed by atoms with van der Waals surface area (Å²) in [6.07, 6.45) is 8.15. The molecule has 160 valence electrons. The van der Waals surface area contributed by atoms with Gasteiger partial charge >= 0.3 is 0 Å². The summed E-state index contributed by atoms with van der Waals surface area (Å²) < 4.78 is 5.20. The minimum Gasteiger partial charge on any atom is -0.497 e. The van der Waals surface area contributed by atoms with E-state index in [0.717, 1.165) is 17.0 Å². The lowest BCUT2D eigenvalue weighted by molar-refractivity contribution is 0.0966. The number of methoxy groups -OCH3 is 1. The highest BCUT2D eigenvalue weighted by atomic mass is 16.5. The molecular weight excluding hydrogens is 390 g/mol. The maximum Gasteiger partial charge on any atom is 0.257 e. The van der Waals surface area contributed by atoms with Crippen molar-refractivity contribution in [3.63, 3.8) is 0 Å². The first kappa shape index (κ1) is 20.7. The van der Waals surface area contributed by atoms with Gasteiger partial charge in [0.05, 0.1) is 24.7 Å². The summed E-state index contributed by atoms with van der Waals surface area (Å²) in [5.74, 6) is 1.92. The van der Waals surface area contributed by atoms with E-state index in [1.54, 1.807) is 19.4 Å². The van der Waals surface area contributed by atoms with Crippen LogP contribution >= 0.6 is 0 Å². The van der Waals surface area contributed by atoms with E-state index in [0.29, 0.717) is 35.0 Å². The number of carbonyl (C=O) groups excluding carboxylic acids is 1. The Labute approximate surface area is 181 Å². The van der Waals surface area contributed by atoms with E-state index >= 15 is 0 Å². The highest BCUT2D eigenvalue weighted by Gasteiger charge is 2.27. The summed E-state index contributed by atoms with van der Waals surface area (Å²) in [7, 11) is 1.63. The Morgan fingerprint density at radius 1 is 1.13 bits per heavy atom. The number of rotatable bonds is 5. The van der Waals surface area contributed by atoms with Gasteiger partial charge in [0.2, 0.25) is 0 Å². The van der Waals surface area contributed by atoms with Gasteiger partial charge in [0.1, 0.15) is 11.6 Å². The first-order chi connectivity index (χ1) is 15.2. The van der Waals surface area contributed by atoms with Gasteiger partial charge < -0.3 is 20.4 Å². The van der Waals surface area contributed by atoms with Crippen LogP contribution in [0.2, 0.25) is 0 Å². The molecule has 0 atom stereocenters. The van der Waals surface area contributed by atoms with Gasteiger partial charge in [-0.25, -0.2) is 9.97 Å². The molecular formula is C24H27N5O2. The van der Waals surface area contributed by atoms with Crippen LogP contribution in [0.25, 0.3) is 22.6 Å². The van der Waals surface area contributed by atoms with Crippen molar-refractivity contribution in [2.24, 2.45) is 5.92 Å². The Morgan fingerprint density at radius 2 is 1.90 bits per heavy atom. The number of nitrogens with one attached hydrogen (secondary N) is 3. The Morgan fingerprint density at radius 3 is 2.55 bits per heavy atom. The highest BCUT2D eigenvalue weighted by Crippen LogP contribution is 2.35. The Kier molecular flexibility index (Phi) is 6.02. The Balaban J connectivity index is 0.00000112. The topological polar surface area (TPSA) is 91.9 Å². The number of benzene rings is 1. The van der Waals surface area contributed by atoms with Gasteiger partial charge in [0.15, 0.2) is 5.65 Å². The van der Waals surface area contributed by atoms with Gasteiger partial charge in [-0.15, -0.1) is 0 Å². The maximum atomic E-state index is 12.9. The third-order valence-electron chi connectivity index (χ3n) is 5.24. The van der Waals surface area contributed by atoms with Crippen LogP contribution in [0.4, 0.5) is 0 Å². The molecule has 1 aliphatic carbocycles. The van der Waals surface area contributed by atoms with Crippen LogP contribution in [0.3, 0.4) is 0 Å². The number of fused-ring (bicyclic) bond motifs is 1. The van der Waals surface area contributed by atoms with Crippen molar-refractivity contribution >= 4 is 17.1 Å². The molecule has 1 aromatic carbocycles. The van der Waals surface area contributed by atoms with Gasteiger partial charge in [-0.1, -0.05) is 13.8 Å². The summed E-state index contributed by atoms with van der Waals surface area (Å²) in [6, 6.07) is 9.28. The zero-order valence-corrected chi connectivity index (χ0v) is 18.0. The monoisotopic (exact) mass is 417 g/mol. The molecule has 2 aliphatic rings. The normalized spacial score (nSPS) is 15.2. The molecule has 3 N–H and O–H groups in total. The third-order valence-corrected chi connectivity index (χ3v) is 5.24. The molecule has 1 aliphatic heterocycles. The van der Waals surface area contributed by atoms with Gasteiger partial charge in [0, 0.05) is 23.2 Å². The molecule has 5 rings (SSSR count). The summed E-state index contributed by atoms with van der Waals surface area (Å²) in [6.45, 7) is 4.63. The molecule has 3 heterocycles. The number of pyridine rings is 1. The van der Waals surface area contributed by atoms with Crippen LogP contribution in [0.5, 0.6) is 5.75 Å². The van der Waals surface area contributed by atoms with E-state index in [1.807, 2.05) is 44.2 Å². The van der Waals surface area contributed by atoms with Crippen molar-refractivity contribution in [3.8, 4) is 17.1 Å². The number of ether oxygens (including phenoxy) is 1. The molecule has 1 fully saturated rings. The molecule has 0 spiro atoms. The fourth-order valence-electron chi connectivity index (χ4n) is 3.47. The second-order valence-electron chi connectivity index (χ2n) is 7.27. The lowest BCUT2D eigenvalue weighted by Gasteiger charge is -2.17. The van der Waals surface area contributed by atoms with Crippen LogP contribution in [0.1, 0.15) is 37.0 Å². The van der Waals surface area contributed by atoms with Gasteiger partial charge in [0.25, 0.3) is 5.91 Å². The van der Waals surface area contributed by atoms with Crippen molar-refractivity contribution in [3.05, 3.63) is 65.6 Å². The fraction of sp³-hybridized carbons (Fsp3) is 0.292. The zero-order chi connectivity index (χ0) is 21.8. The first-order valence-electron chi connectivity index (χ1n) is 10.7. The molecule has 31 heavy (non-hydrogen) atoms. The largest absolute Gasteiger partial charge is 0.497 e. The summed E-state index contributed by atoms with van der Waals surface area (Å²) >= 11 is 0. The van der Waals surface area contributed by atoms with E-state index in [-0.39, 0.29) is 5.91 Å². The minimum absolute atomic E-state index is 0.182. The van der Waals surface area contributed by atoms with E-state index in [9.17, 15) is 4.79 Å². The molecule has 2 aromatic heterocycles.